The standard InChI is InChI=1S/C16H15N3O2S.ClH/c1-11(20)18-13-5-2-4-12(8-13)15-10-22-16(19-15)17-9-14-6-3-7-21-14;/h2-8,10H,9H2,1H3,(H,17,19)(H,18,20);1H. The van der Waals surface area contributed by atoms with Gasteiger partial charge >= 0.3 is 0 Å². The molecule has 0 saturated carbocycles. The highest BCUT2D eigenvalue weighted by Gasteiger charge is 2.06. The SMILES string of the molecule is CC(=O)Nc1cccc(-c2csc(NCc3ccco3)n2)c1.Cl. The monoisotopic (exact) mass is 349 g/mol. The van der Waals surface area contributed by atoms with Crippen LogP contribution in [0.4, 0.5) is 10.8 Å². The van der Waals surface area contributed by atoms with Gasteiger partial charge in [0.25, 0.3) is 0 Å². The van der Waals surface area contributed by atoms with Crippen LogP contribution in [0.5, 0.6) is 0 Å². The Morgan fingerprint density at radius 2 is 2.17 bits per heavy atom. The fourth-order valence-electron chi connectivity index (χ4n) is 2.02. The smallest absolute Gasteiger partial charge is 0.221 e. The first-order valence-corrected chi connectivity index (χ1v) is 7.68. The summed E-state index contributed by atoms with van der Waals surface area (Å²) >= 11 is 1.53. The molecule has 0 atom stereocenters. The first kappa shape index (κ1) is 17.1. The Morgan fingerprint density at radius 1 is 1.30 bits per heavy atom. The second-order valence-corrected chi connectivity index (χ2v) is 5.59. The molecule has 0 bridgehead atoms. The van der Waals surface area contributed by atoms with E-state index < -0.39 is 0 Å². The van der Waals surface area contributed by atoms with Gasteiger partial charge in [-0.2, -0.15) is 0 Å². The van der Waals surface area contributed by atoms with Gasteiger partial charge in [-0.05, 0) is 24.3 Å². The van der Waals surface area contributed by atoms with E-state index in [9.17, 15) is 4.79 Å². The molecule has 5 nitrogen and oxygen atoms in total. The molecule has 1 aromatic carbocycles. The van der Waals surface area contributed by atoms with Crippen LogP contribution in [0.15, 0.2) is 52.5 Å². The number of thiazole rings is 1. The first-order valence-electron chi connectivity index (χ1n) is 6.80. The molecule has 0 aliphatic rings. The molecule has 7 heteroatoms. The number of benzene rings is 1. The van der Waals surface area contributed by atoms with Gasteiger partial charge < -0.3 is 15.1 Å². The Morgan fingerprint density at radius 3 is 2.91 bits per heavy atom. The number of anilines is 2. The van der Waals surface area contributed by atoms with Crippen LogP contribution in [0.25, 0.3) is 11.3 Å². The number of hydrogen-bond acceptors (Lipinski definition) is 5. The summed E-state index contributed by atoms with van der Waals surface area (Å²) < 4.78 is 5.27. The van der Waals surface area contributed by atoms with Crippen LogP contribution in [0.3, 0.4) is 0 Å². The first-order chi connectivity index (χ1) is 10.7. The van der Waals surface area contributed by atoms with Crippen LogP contribution in [0.1, 0.15) is 12.7 Å². The molecule has 0 spiro atoms. The number of aromatic nitrogens is 1. The Labute approximate surface area is 144 Å². The van der Waals surface area contributed by atoms with E-state index in [1.165, 1.54) is 18.3 Å². The van der Waals surface area contributed by atoms with E-state index in [1.54, 1.807) is 6.26 Å². The summed E-state index contributed by atoms with van der Waals surface area (Å²) in [4.78, 5) is 15.7. The van der Waals surface area contributed by atoms with Crippen molar-refractivity contribution in [3.8, 4) is 11.3 Å². The molecule has 0 aliphatic carbocycles. The maximum absolute atomic E-state index is 11.1. The Bertz CT molecular complexity index is 771. The van der Waals surface area contributed by atoms with Gasteiger partial charge in [-0.3, -0.25) is 4.79 Å². The lowest BCUT2D eigenvalue weighted by molar-refractivity contribution is -0.114. The molecule has 23 heavy (non-hydrogen) atoms. The predicted octanol–water partition coefficient (Wildman–Crippen LogP) is 4.40. The minimum Gasteiger partial charge on any atom is -0.467 e. The topological polar surface area (TPSA) is 67.2 Å². The molecule has 0 fully saturated rings. The summed E-state index contributed by atoms with van der Waals surface area (Å²) in [5.41, 5.74) is 2.61. The average molecular weight is 350 g/mol. The molecule has 2 N–H and O–H groups in total. The molecule has 3 aromatic rings. The summed E-state index contributed by atoms with van der Waals surface area (Å²) in [6, 6.07) is 11.4. The molecule has 0 radical (unpaired) electrons. The third-order valence-corrected chi connectivity index (χ3v) is 3.78. The van der Waals surface area contributed by atoms with Crippen molar-refractivity contribution in [1.29, 1.82) is 0 Å². The highest BCUT2D eigenvalue weighted by Crippen LogP contribution is 2.27. The van der Waals surface area contributed by atoms with Crippen molar-refractivity contribution in [3.05, 3.63) is 53.8 Å². The minimum absolute atomic E-state index is 0. The third kappa shape index (κ3) is 4.58. The van der Waals surface area contributed by atoms with Gasteiger partial charge in [-0.25, -0.2) is 4.98 Å². The van der Waals surface area contributed by atoms with Crippen LogP contribution in [0, 0.1) is 0 Å². The van der Waals surface area contributed by atoms with Crippen LogP contribution < -0.4 is 10.6 Å². The van der Waals surface area contributed by atoms with Gasteiger partial charge in [0.1, 0.15) is 5.76 Å². The fraction of sp³-hybridized carbons (Fsp3) is 0.125. The molecular weight excluding hydrogens is 334 g/mol. The van der Waals surface area contributed by atoms with E-state index in [1.807, 2.05) is 41.8 Å². The van der Waals surface area contributed by atoms with Crippen molar-refractivity contribution in [3.63, 3.8) is 0 Å². The number of nitrogens with zero attached hydrogens (tertiary/aromatic N) is 1. The van der Waals surface area contributed by atoms with Gasteiger partial charge in [0.05, 0.1) is 18.5 Å². The Hall–Kier alpha value is -2.31. The summed E-state index contributed by atoms with van der Waals surface area (Å²) in [6.45, 7) is 2.10. The van der Waals surface area contributed by atoms with E-state index in [0.717, 1.165) is 27.8 Å². The molecule has 1 amide bonds. The van der Waals surface area contributed by atoms with Crippen molar-refractivity contribution in [2.24, 2.45) is 0 Å². The van der Waals surface area contributed by atoms with Crippen LogP contribution in [-0.4, -0.2) is 10.9 Å². The molecular formula is C16H16ClN3O2S. The minimum atomic E-state index is -0.0868. The molecule has 0 unspecified atom stereocenters. The summed E-state index contributed by atoms with van der Waals surface area (Å²) in [7, 11) is 0. The predicted molar refractivity (Wildman–Crippen MR) is 95.1 cm³/mol. The second kappa shape index (κ2) is 7.80. The maximum atomic E-state index is 11.1. The summed E-state index contributed by atoms with van der Waals surface area (Å²) in [6.07, 6.45) is 1.65. The van der Waals surface area contributed by atoms with Crippen LogP contribution in [-0.2, 0) is 11.3 Å². The number of amides is 1. The number of carbonyl (C=O) groups excluding carboxylic acids is 1. The van der Waals surface area contributed by atoms with E-state index in [2.05, 4.69) is 15.6 Å². The number of furan rings is 1. The molecule has 2 aromatic heterocycles. The largest absolute Gasteiger partial charge is 0.467 e. The zero-order valence-electron chi connectivity index (χ0n) is 12.4. The molecule has 2 heterocycles. The highest BCUT2D eigenvalue weighted by atomic mass is 35.5. The summed E-state index contributed by atoms with van der Waals surface area (Å²) in [5.74, 6) is 0.778. The number of hydrogen-bond donors (Lipinski definition) is 2. The quantitative estimate of drug-likeness (QED) is 0.716. The van der Waals surface area contributed by atoms with E-state index in [-0.39, 0.29) is 18.3 Å². The Kier molecular flexibility index (Phi) is 5.78. The molecule has 120 valence electrons. The lowest BCUT2D eigenvalue weighted by atomic mass is 10.1. The lowest BCUT2D eigenvalue weighted by Gasteiger charge is -2.03. The average Bonchev–Trinajstić information content (AvgIpc) is 3.16. The van der Waals surface area contributed by atoms with Crippen molar-refractivity contribution in [2.75, 3.05) is 10.6 Å². The van der Waals surface area contributed by atoms with Gasteiger partial charge in [0, 0.05) is 23.6 Å². The van der Waals surface area contributed by atoms with Crippen LogP contribution in [0.2, 0.25) is 0 Å². The molecule has 3 rings (SSSR count). The van der Waals surface area contributed by atoms with Crippen LogP contribution >= 0.6 is 23.7 Å². The molecule has 0 aliphatic heterocycles. The lowest BCUT2D eigenvalue weighted by Crippen LogP contribution is -2.05. The van der Waals surface area contributed by atoms with Gasteiger partial charge in [0.15, 0.2) is 5.13 Å². The van der Waals surface area contributed by atoms with E-state index >= 15 is 0 Å². The zero-order chi connectivity index (χ0) is 15.4. The number of nitrogens with one attached hydrogen (secondary N) is 2. The van der Waals surface area contributed by atoms with Gasteiger partial charge in [-0.1, -0.05) is 12.1 Å². The fourth-order valence-corrected chi connectivity index (χ4v) is 2.74. The van der Waals surface area contributed by atoms with Gasteiger partial charge in [0.2, 0.25) is 5.91 Å². The highest BCUT2D eigenvalue weighted by molar-refractivity contribution is 7.14. The number of rotatable bonds is 5. The zero-order valence-corrected chi connectivity index (χ0v) is 14.0. The maximum Gasteiger partial charge on any atom is 0.221 e. The van der Waals surface area contributed by atoms with E-state index in [4.69, 9.17) is 4.42 Å². The third-order valence-electron chi connectivity index (χ3n) is 2.98. The van der Waals surface area contributed by atoms with Gasteiger partial charge in [-0.15, -0.1) is 23.7 Å². The van der Waals surface area contributed by atoms with Crippen molar-refractivity contribution >= 4 is 40.5 Å². The normalized spacial score (nSPS) is 9.96. The molecule has 0 saturated heterocycles. The number of carbonyl (C=O) groups is 1. The Balaban J connectivity index is 0.00000192. The van der Waals surface area contributed by atoms with E-state index in [0.29, 0.717) is 6.54 Å². The van der Waals surface area contributed by atoms with Crippen molar-refractivity contribution in [2.45, 2.75) is 13.5 Å². The second-order valence-electron chi connectivity index (χ2n) is 4.73. The van der Waals surface area contributed by atoms with Crippen molar-refractivity contribution < 1.29 is 9.21 Å². The van der Waals surface area contributed by atoms with Crippen molar-refractivity contribution in [1.82, 2.24) is 4.98 Å². The summed E-state index contributed by atoms with van der Waals surface area (Å²) in [5, 5.41) is 8.82. The number of halogens is 1.